The molecule has 0 aliphatic carbocycles. The molecule has 2 atom stereocenters. The number of aromatic nitrogens is 5. The van der Waals surface area contributed by atoms with E-state index in [1.165, 1.54) is 27.3 Å². The minimum atomic E-state index is -1.92. The first kappa shape index (κ1) is 41.8. The Kier molecular flexibility index (Phi) is 10.8. The van der Waals surface area contributed by atoms with Gasteiger partial charge in [-0.05, 0) is 86.1 Å². The van der Waals surface area contributed by atoms with Crippen LogP contribution in [0.25, 0.3) is 33.2 Å². The molecule has 7 N–H and O–H groups in total. The smallest absolute Gasteiger partial charge is 0.270 e. The predicted molar refractivity (Wildman–Crippen MR) is 237 cm³/mol. The number of rotatable bonds is 10. The van der Waals surface area contributed by atoms with Gasteiger partial charge in [0.1, 0.15) is 5.82 Å². The van der Waals surface area contributed by atoms with Gasteiger partial charge in [0.25, 0.3) is 23.6 Å². The van der Waals surface area contributed by atoms with Crippen LogP contribution >= 0.6 is 0 Å². The fraction of sp³-hybridized carbons (Fsp3) is 0.298. The molecule has 64 heavy (non-hydrogen) atoms. The molecular formula is C47H45N11O6. The summed E-state index contributed by atoms with van der Waals surface area (Å²) >= 11 is 0. The lowest BCUT2D eigenvalue weighted by atomic mass is 10.0. The third kappa shape index (κ3) is 7.88. The molecule has 0 bridgehead atoms. The highest BCUT2D eigenvalue weighted by Crippen LogP contribution is 2.30. The molecule has 0 spiro atoms. The second kappa shape index (κ2) is 16.6. The number of carbonyl (C=O) groups is 4. The van der Waals surface area contributed by atoms with Crippen LogP contribution in [0.5, 0.6) is 0 Å². The van der Waals surface area contributed by atoms with Crippen molar-refractivity contribution in [3.63, 3.8) is 0 Å². The Morgan fingerprint density at radius 1 is 0.766 bits per heavy atom. The van der Waals surface area contributed by atoms with Crippen LogP contribution in [0.1, 0.15) is 63.4 Å². The highest BCUT2D eigenvalue weighted by atomic mass is 16.3. The molecule has 6 heterocycles. The van der Waals surface area contributed by atoms with E-state index in [9.17, 15) is 29.4 Å². The zero-order valence-corrected chi connectivity index (χ0v) is 35.0. The molecule has 0 radical (unpaired) electrons. The van der Waals surface area contributed by atoms with Crippen LogP contribution in [-0.2, 0) is 16.1 Å². The van der Waals surface area contributed by atoms with Crippen molar-refractivity contribution in [1.29, 1.82) is 0 Å². The molecular weight excluding hydrogens is 815 g/mol. The first-order valence-electron chi connectivity index (χ1n) is 21.0. The van der Waals surface area contributed by atoms with E-state index in [0.29, 0.717) is 56.7 Å². The van der Waals surface area contributed by atoms with Crippen LogP contribution in [0, 0.1) is 23.7 Å². The molecule has 17 heteroatoms. The number of nitrogens with one attached hydrogen (secondary N) is 1. The van der Waals surface area contributed by atoms with Crippen LogP contribution in [0.3, 0.4) is 0 Å². The van der Waals surface area contributed by atoms with Crippen molar-refractivity contribution in [3.8, 4) is 35.1 Å². The summed E-state index contributed by atoms with van der Waals surface area (Å²) in [5.74, 6) is 9.34. The molecule has 3 saturated heterocycles. The first-order chi connectivity index (χ1) is 30.8. The van der Waals surface area contributed by atoms with Crippen molar-refractivity contribution < 1.29 is 29.4 Å². The van der Waals surface area contributed by atoms with Crippen molar-refractivity contribution in [2.24, 2.45) is 11.5 Å². The van der Waals surface area contributed by atoms with Crippen molar-refractivity contribution in [2.75, 3.05) is 51.6 Å². The maximum absolute atomic E-state index is 13.6. The van der Waals surface area contributed by atoms with Gasteiger partial charge < -0.3 is 36.8 Å². The number of hydrogen-bond donors (Lipinski definition) is 5. The lowest BCUT2D eigenvalue weighted by Crippen LogP contribution is -2.40. The molecule has 4 amide bonds. The summed E-state index contributed by atoms with van der Waals surface area (Å²) in [6, 6.07) is 21.8. The van der Waals surface area contributed by atoms with E-state index in [0.717, 1.165) is 25.2 Å². The van der Waals surface area contributed by atoms with Crippen LogP contribution in [0.15, 0.2) is 79.0 Å². The number of hydrogen-bond acceptors (Lipinski definition) is 11. The maximum Gasteiger partial charge on any atom is 0.270 e. The molecule has 0 unspecified atom stereocenters. The number of nitrogens with zero attached hydrogens (tertiary/aromatic N) is 8. The number of nitrogens with two attached hydrogens (primary N) is 2. The summed E-state index contributed by atoms with van der Waals surface area (Å²) in [5, 5.41) is 35.6. The van der Waals surface area contributed by atoms with Crippen LogP contribution in [0.2, 0.25) is 0 Å². The minimum Gasteiger partial charge on any atom is -0.369 e. The number of anilines is 1. The van der Waals surface area contributed by atoms with Gasteiger partial charge in [-0.2, -0.15) is 10.2 Å². The summed E-state index contributed by atoms with van der Waals surface area (Å²) < 4.78 is 3.19. The second-order valence-electron chi connectivity index (χ2n) is 16.4. The number of benzene rings is 3. The summed E-state index contributed by atoms with van der Waals surface area (Å²) in [7, 11) is 1.62. The summed E-state index contributed by atoms with van der Waals surface area (Å²) in [5.41, 5.74) is 12.6. The number of amides is 4. The van der Waals surface area contributed by atoms with Gasteiger partial charge in [-0.1, -0.05) is 41.9 Å². The highest BCUT2D eigenvalue weighted by molar-refractivity contribution is 6.08. The second-order valence-corrected chi connectivity index (χ2v) is 16.4. The van der Waals surface area contributed by atoms with E-state index in [4.69, 9.17) is 11.5 Å². The summed E-state index contributed by atoms with van der Waals surface area (Å²) in [4.78, 5) is 61.0. The van der Waals surface area contributed by atoms with Gasteiger partial charge in [0, 0.05) is 75.3 Å². The fourth-order valence-corrected chi connectivity index (χ4v) is 8.57. The summed E-state index contributed by atoms with van der Waals surface area (Å²) in [6.07, 6.45) is 4.20. The zero-order chi connectivity index (χ0) is 44.8. The Morgan fingerprint density at radius 3 is 2.03 bits per heavy atom. The fourth-order valence-electron chi connectivity index (χ4n) is 8.57. The quantitative estimate of drug-likeness (QED) is 0.125. The number of carbonyl (C=O) groups excluding carboxylic acids is 4. The Balaban J connectivity index is 0.889. The van der Waals surface area contributed by atoms with Gasteiger partial charge in [-0.3, -0.25) is 24.1 Å². The van der Waals surface area contributed by atoms with Crippen molar-refractivity contribution >= 4 is 51.3 Å². The van der Waals surface area contributed by atoms with E-state index in [1.54, 1.807) is 66.5 Å². The number of likely N-dealkylation sites (N-methyl/N-ethyl adjacent to an activating group) is 1. The van der Waals surface area contributed by atoms with Crippen LogP contribution in [0.4, 0.5) is 5.82 Å². The third-order valence-corrected chi connectivity index (χ3v) is 12.0. The highest BCUT2D eigenvalue weighted by Gasteiger charge is 2.44. The van der Waals surface area contributed by atoms with E-state index < -0.39 is 34.8 Å². The Morgan fingerprint density at radius 2 is 1.39 bits per heavy atom. The van der Waals surface area contributed by atoms with Crippen LogP contribution in [-0.4, -0.2) is 131 Å². The van der Waals surface area contributed by atoms with Gasteiger partial charge >= 0.3 is 0 Å². The average Bonchev–Trinajstić information content (AvgIpc) is 4.13. The number of aliphatic hydroxyl groups is 2. The number of pyridine rings is 1. The number of fused-ring (bicyclic) bond motifs is 2. The van der Waals surface area contributed by atoms with Gasteiger partial charge in [0.05, 0.1) is 27.8 Å². The molecule has 0 saturated carbocycles. The van der Waals surface area contributed by atoms with E-state index in [2.05, 4.69) is 49.1 Å². The summed E-state index contributed by atoms with van der Waals surface area (Å²) in [6.45, 7) is 3.93. The largest absolute Gasteiger partial charge is 0.369 e. The lowest BCUT2D eigenvalue weighted by molar-refractivity contribution is -0.138. The Labute approximate surface area is 367 Å². The predicted octanol–water partition coefficient (Wildman–Crippen LogP) is 1.92. The lowest BCUT2D eigenvalue weighted by Gasteiger charge is -2.18. The molecule has 9 rings (SSSR count). The van der Waals surface area contributed by atoms with Gasteiger partial charge in [0.2, 0.25) is 11.2 Å². The molecule has 17 nitrogen and oxygen atoms in total. The van der Waals surface area contributed by atoms with Gasteiger partial charge in [-0.15, -0.1) is 0 Å². The molecule has 3 aromatic carbocycles. The first-order valence-corrected chi connectivity index (χ1v) is 21.0. The molecule has 3 aliphatic heterocycles. The molecule has 3 fully saturated rings. The minimum absolute atomic E-state index is 0.0296. The normalized spacial score (nSPS) is 19.9. The zero-order valence-electron chi connectivity index (χ0n) is 35.0. The Hall–Kier alpha value is -7.57. The molecule has 3 aromatic heterocycles. The standard InChI is InChI=1S/C47H45N11O6/c1-54-23-17-46(63,44(54)61)15-12-30-7-5-9-34(27-30)58-37-14-19-50-43(38(37)40(53-58)42(49)60)51-20-25-56-24-18-47(64,45(56)62)16-13-31-6-4-8-33(26-31)57-36-11-10-32(29-55-21-2-3-22-55)28-35(36)39(52-57)41(48)59/h4-11,14,19,26-28,63-64H,2-3,17-18,20-25,29H2,1H3,(H2,48,59)(H2,49,60)(H,50,51)/t46-,47-/m0/s1. The van der Waals surface area contributed by atoms with Crippen molar-refractivity contribution in [1.82, 2.24) is 39.2 Å². The van der Waals surface area contributed by atoms with Crippen molar-refractivity contribution in [2.45, 2.75) is 43.4 Å². The number of primary amides is 2. The SMILES string of the molecule is CN1CC[C@@](O)(C#Cc2cccc(-n3nc(C(N)=O)c4c(NCCN5CC[C@@](O)(C#Cc6cccc(-n7nc(C(N)=O)c8cc(CN9CCCC9)ccc87)c6)C5=O)nccc43)c2)C1=O. The molecule has 6 aromatic rings. The monoisotopic (exact) mass is 859 g/mol. The van der Waals surface area contributed by atoms with Gasteiger partial charge in [0.15, 0.2) is 11.4 Å². The molecule has 3 aliphatic rings. The van der Waals surface area contributed by atoms with E-state index >= 15 is 0 Å². The van der Waals surface area contributed by atoms with Crippen LogP contribution < -0.4 is 16.8 Å². The van der Waals surface area contributed by atoms with E-state index in [-0.39, 0.29) is 43.9 Å². The van der Waals surface area contributed by atoms with Crippen molar-refractivity contribution in [3.05, 3.63) is 107 Å². The maximum atomic E-state index is 13.6. The average molecular weight is 860 g/mol. The molecule has 324 valence electrons. The Bertz CT molecular complexity index is 3020. The number of likely N-dealkylation sites (tertiary alicyclic amines) is 3. The topological polar surface area (TPSA) is 231 Å². The third-order valence-electron chi connectivity index (χ3n) is 12.0. The van der Waals surface area contributed by atoms with Gasteiger partial charge in [-0.25, -0.2) is 14.3 Å². The van der Waals surface area contributed by atoms with E-state index in [1.807, 2.05) is 24.3 Å².